The summed E-state index contributed by atoms with van der Waals surface area (Å²) in [6, 6.07) is 12.2. The van der Waals surface area contributed by atoms with Crippen LogP contribution in [0.25, 0.3) is 0 Å². The third-order valence-electron chi connectivity index (χ3n) is 4.51. The van der Waals surface area contributed by atoms with Crippen molar-refractivity contribution >= 4 is 23.0 Å². The van der Waals surface area contributed by atoms with Gasteiger partial charge in [-0.25, -0.2) is 0 Å². The number of hydrogen-bond donors (Lipinski definition) is 2. The van der Waals surface area contributed by atoms with E-state index in [2.05, 4.69) is 55.4 Å². The van der Waals surface area contributed by atoms with E-state index in [4.69, 9.17) is 16.6 Å². The highest BCUT2D eigenvalue weighted by atomic mass is 32.1. The molecule has 0 saturated heterocycles. The minimum atomic E-state index is 0.693. The highest BCUT2D eigenvalue weighted by Gasteiger charge is 2.13. The van der Waals surface area contributed by atoms with Crippen molar-refractivity contribution in [3.8, 4) is 0 Å². The lowest BCUT2D eigenvalue weighted by atomic mass is 10.2. The van der Waals surface area contributed by atoms with Crippen LogP contribution in [0, 0.1) is 6.92 Å². The summed E-state index contributed by atoms with van der Waals surface area (Å²) in [5, 5.41) is 4.11. The predicted octanol–water partition coefficient (Wildman–Crippen LogP) is 3.49. The van der Waals surface area contributed by atoms with Crippen molar-refractivity contribution in [1.29, 1.82) is 0 Å². The molecule has 0 aliphatic rings. The summed E-state index contributed by atoms with van der Waals surface area (Å²) >= 11 is 5.68. The van der Waals surface area contributed by atoms with E-state index in [9.17, 15) is 0 Å². The average molecular weight is 375 g/mol. The van der Waals surface area contributed by atoms with E-state index >= 15 is 0 Å². The van der Waals surface area contributed by atoms with Crippen LogP contribution in [0.1, 0.15) is 37.5 Å². The summed E-state index contributed by atoms with van der Waals surface area (Å²) < 4.78 is 5.53. The lowest BCUT2D eigenvalue weighted by molar-refractivity contribution is -0.880. The molecule has 142 valence electrons. The Hall–Kier alpha value is -1.85. The number of hydrogen-bond acceptors (Lipinski definition) is 2. The summed E-state index contributed by atoms with van der Waals surface area (Å²) in [6.07, 6.45) is 5.36. The van der Waals surface area contributed by atoms with Crippen LogP contribution in [-0.2, 0) is 6.54 Å². The Morgan fingerprint density at radius 2 is 1.88 bits per heavy atom. The van der Waals surface area contributed by atoms with Gasteiger partial charge in [-0.2, -0.15) is 0 Å². The molecule has 0 bridgehead atoms. The maximum Gasteiger partial charge on any atom is 0.173 e. The molecule has 4 nitrogen and oxygen atoms in total. The van der Waals surface area contributed by atoms with E-state index < -0.39 is 0 Å². The highest BCUT2D eigenvalue weighted by Crippen LogP contribution is 2.12. The SMILES string of the molecule is CCCC[NH+](C)CCCN(Cc1ccco1)C(=S)Nc1ccc(C)cc1. The van der Waals surface area contributed by atoms with Crippen molar-refractivity contribution in [2.45, 2.75) is 39.7 Å². The first kappa shape index (κ1) is 20.5. The second kappa shape index (κ2) is 11.0. The molecule has 5 heteroatoms. The van der Waals surface area contributed by atoms with Crippen LogP contribution < -0.4 is 10.2 Å². The fraction of sp³-hybridized carbons (Fsp3) is 0.476. The third-order valence-corrected chi connectivity index (χ3v) is 4.87. The largest absolute Gasteiger partial charge is 0.467 e. The van der Waals surface area contributed by atoms with Gasteiger partial charge in [-0.1, -0.05) is 31.0 Å². The number of thiocarbonyl (C=S) groups is 1. The molecule has 0 radical (unpaired) electrons. The van der Waals surface area contributed by atoms with Crippen molar-refractivity contribution in [3.05, 3.63) is 54.0 Å². The Labute approximate surface area is 163 Å². The minimum Gasteiger partial charge on any atom is -0.467 e. The minimum absolute atomic E-state index is 0.693. The molecule has 1 heterocycles. The molecule has 0 fully saturated rings. The first-order chi connectivity index (χ1) is 12.6. The topological polar surface area (TPSA) is 32.9 Å². The first-order valence-electron chi connectivity index (χ1n) is 9.54. The predicted molar refractivity (Wildman–Crippen MR) is 113 cm³/mol. The highest BCUT2D eigenvalue weighted by molar-refractivity contribution is 7.80. The van der Waals surface area contributed by atoms with Crippen LogP contribution in [0.15, 0.2) is 47.1 Å². The Kier molecular flexibility index (Phi) is 8.65. The smallest absolute Gasteiger partial charge is 0.173 e. The van der Waals surface area contributed by atoms with E-state index in [1.165, 1.54) is 24.9 Å². The maximum atomic E-state index is 5.68. The van der Waals surface area contributed by atoms with Crippen molar-refractivity contribution in [2.75, 3.05) is 32.0 Å². The number of anilines is 1. The maximum absolute atomic E-state index is 5.68. The standard InChI is InChI=1S/C21H31N3OS/c1-4-5-13-23(3)14-7-15-24(17-20-8-6-16-25-20)21(26)22-19-11-9-18(2)10-12-19/h6,8-12,16H,4-5,7,13-15,17H2,1-3H3,(H,22,26)/p+1. The van der Waals surface area contributed by atoms with Crippen LogP contribution in [0.2, 0.25) is 0 Å². The zero-order valence-electron chi connectivity index (χ0n) is 16.3. The zero-order chi connectivity index (χ0) is 18.8. The van der Waals surface area contributed by atoms with Crippen LogP contribution in [0.5, 0.6) is 0 Å². The Balaban J connectivity index is 1.91. The molecule has 1 aromatic carbocycles. The number of rotatable bonds is 10. The van der Waals surface area contributed by atoms with E-state index in [0.29, 0.717) is 6.54 Å². The van der Waals surface area contributed by atoms with Gasteiger partial charge >= 0.3 is 0 Å². The van der Waals surface area contributed by atoms with Crippen LogP contribution in [0.4, 0.5) is 5.69 Å². The third kappa shape index (κ3) is 7.18. The zero-order valence-corrected chi connectivity index (χ0v) is 17.1. The normalized spacial score (nSPS) is 12.0. The summed E-state index contributed by atoms with van der Waals surface area (Å²) in [5.41, 5.74) is 2.27. The van der Waals surface area contributed by atoms with Crippen molar-refractivity contribution in [2.24, 2.45) is 0 Å². The number of nitrogens with zero attached hydrogens (tertiary/aromatic N) is 1. The monoisotopic (exact) mass is 374 g/mol. The molecule has 26 heavy (non-hydrogen) atoms. The number of benzene rings is 1. The number of quaternary nitrogens is 1. The molecule has 0 aliphatic heterocycles. The first-order valence-corrected chi connectivity index (χ1v) is 9.95. The van der Waals surface area contributed by atoms with E-state index in [1.807, 2.05) is 12.1 Å². The van der Waals surface area contributed by atoms with E-state index in [1.54, 1.807) is 11.2 Å². The van der Waals surface area contributed by atoms with Gasteiger partial charge in [0.1, 0.15) is 5.76 Å². The number of furan rings is 1. The molecule has 1 aromatic heterocycles. The molecule has 2 rings (SSSR count). The lowest BCUT2D eigenvalue weighted by Gasteiger charge is -2.25. The molecular weight excluding hydrogens is 342 g/mol. The quantitative estimate of drug-likeness (QED) is 0.624. The van der Waals surface area contributed by atoms with Crippen molar-refractivity contribution in [1.82, 2.24) is 4.90 Å². The van der Waals surface area contributed by atoms with Crippen molar-refractivity contribution < 1.29 is 9.32 Å². The number of unbranched alkanes of at least 4 members (excludes halogenated alkanes) is 1. The fourth-order valence-corrected chi connectivity index (χ4v) is 3.13. The molecule has 1 unspecified atom stereocenters. The summed E-state index contributed by atoms with van der Waals surface area (Å²) in [7, 11) is 2.27. The van der Waals surface area contributed by atoms with Gasteiger partial charge in [0.15, 0.2) is 5.11 Å². The van der Waals surface area contributed by atoms with Gasteiger partial charge in [0.2, 0.25) is 0 Å². The molecule has 2 aromatic rings. The van der Waals surface area contributed by atoms with Crippen LogP contribution in [0.3, 0.4) is 0 Å². The van der Waals surface area contributed by atoms with Gasteiger partial charge < -0.3 is 19.5 Å². The molecule has 0 aliphatic carbocycles. The van der Waals surface area contributed by atoms with Crippen molar-refractivity contribution in [3.63, 3.8) is 0 Å². The summed E-state index contributed by atoms with van der Waals surface area (Å²) in [5.74, 6) is 0.935. The Bertz CT molecular complexity index is 640. The Morgan fingerprint density at radius 1 is 1.15 bits per heavy atom. The van der Waals surface area contributed by atoms with Gasteiger partial charge in [-0.3, -0.25) is 0 Å². The molecule has 0 saturated carbocycles. The second-order valence-electron chi connectivity index (χ2n) is 6.96. The van der Waals surface area contributed by atoms with Gasteiger partial charge in [0.25, 0.3) is 0 Å². The Morgan fingerprint density at radius 3 is 2.54 bits per heavy atom. The fourth-order valence-electron chi connectivity index (χ4n) is 2.86. The second-order valence-corrected chi connectivity index (χ2v) is 7.35. The lowest BCUT2D eigenvalue weighted by Crippen LogP contribution is -3.09. The molecule has 1 atom stereocenters. The number of nitrogens with one attached hydrogen (secondary N) is 2. The van der Waals surface area contributed by atoms with Crippen LogP contribution in [-0.4, -0.2) is 36.7 Å². The van der Waals surface area contributed by atoms with Crippen LogP contribution >= 0.6 is 12.2 Å². The summed E-state index contributed by atoms with van der Waals surface area (Å²) in [4.78, 5) is 3.78. The molecular formula is C21H32N3OS+. The van der Waals surface area contributed by atoms with E-state index in [0.717, 1.165) is 36.1 Å². The van der Waals surface area contributed by atoms with Gasteiger partial charge in [0, 0.05) is 18.7 Å². The number of aryl methyl sites for hydroxylation is 1. The summed E-state index contributed by atoms with van der Waals surface area (Å²) in [6.45, 7) is 8.33. The molecule has 0 spiro atoms. The van der Waals surface area contributed by atoms with Gasteiger partial charge in [0.05, 0.1) is 32.9 Å². The van der Waals surface area contributed by atoms with Gasteiger partial charge in [-0.15, -0.1) is 0 Å². The van der Waals surface area contributed by atoms with E-state index in [-0.39, 0.29) is 0 Å². The molecule has 2 N–H and O–H groups in total. The van der Waals surface area contributed by atoms with Gasteiger partial charge in [-0.05, 0) is 49.8 Å². The average Bonchev–Trinajstić information content (AvgIpc) is 3.14. The molecule has 0 amide bonds.